The summed E-state index contributed by atoms with van der Waals surface area (Å²) in [6, 6.07) is 0. The third-order valence-corrected chi connectivity index (χ3v) is 2.41. The third kappa shape index (κ3) is 1.01. The standard InChI is InChI=1S/C7H14N2O/c1-4-3-5(4)7(2,9)6(8)10/h4-5H,3,9H2,1-2H3,(H2,8,10). The van der Waals surface area contributed by atoms with Crippen LogP contribution in [-0.4, -0.2) is 11.4 Å². The Morgan fingerprint density at radius 2 is 2.10 bits per heavy atom. The lowest BCUT2D eigenvalue weighted by atomic mass is 9.95. The van der Waals surface area contributed by atoms with Gasteiger partial charge in [0.2, 0.25) is 5.91 Å². The van der Waals surface area contributed by atoms with Crippen molar-refractivity contribution in [3.8, 4) is 0 Å². The molecule has 0 bridgehead atoms. The Hall–Kier alpha value is -0.570. The maximum absolute atomic E-state index is 10.7. The fourth-order valence-electron chi connectivity index (χ4n) is 1.34. The Labute approximate surface area is 60.8 Å². The number of rotatable bonds is 2. The molecule has 0 aromatic rings. The highest BCUT2D eigenvalue weighted by atomic mass is 16.1. The van der Waals surface area contributed by atoms with Crippen LogP contribution in [-0.2, 0) is 4.79 Å². The molecule has 10 heavy (non-hydrogen) atoms. The Bertz CT molecular complexity index is 165. The second-order valence-electron chi connectivity index (χ2n) is 3.47. The van der Waals surface area contributed by atoms with Crippen molar-refractivity contribution in [3.63, 3.8) is 0 Å². The van der Waals surface area contributed by atoms with Crippen LogP contribution in [0.15, 0.2) is 0 Å². The minimum absolute atomic E-state index is 0.310. The molecule has 1 rings (SSSR count). The van der Waals surface area contributed by atoms with E-state index < -0.39 is 5.54 Å². The Morgan fingerprint density at radius 3 is 2.20 bits per heavy atom. The van der Waals surface area contributed by atoms with E-state index in [1.165, 1.54) is 0 Å². The van der Waals surface area contributed by atoms with Crippen LogP contribution in [0.4, 0.5) is 0 Å². The number of carbonyl (C=O) groups excluding carboxylic acids is 1. The van der Waals surface area contributed by atoms with Gasteiger partial charge in [0.25, 0.3) is 0 Å². The molecular formula is C7H14N2O. The summed E-state index contributed by atoms with van der Waals surface area (Å²) >= 11 is 0. The van der Waals surface area contributed by atoms with Crippen molar-refractivity contribution in [1.82, 2.24) is 0 Å². The van der Waals surface area contributed by atoms with Gasteiger partial charge in [-0.1, -0.05) is 6.92 Å². The summed E-state index contributed by atoms with van der Waals surface area (Å²) in [6.45, 7) is 3.79. The molecule has 3 heteroatoms. The van der Waals surface area contributed by atoms with Crippen LogP contribution in [0.5, 0.6) is 0 Å². The van der Waals surface area contributed by atoms with Gasteiger partial charge in [0, 0.05) is 0 Å². The smallest absolute Gasteiger partial charge is 0.237 e. The average Bonchev–Trinajstić information content (AvgIpc) is 2.46. The van der Waals surface area contributed by atoms with E-state index in [4.69, 9.17) is 11.5 Å². The van der Waals surface area contributed by atoms with Crippen molar-refractivity contribution < 1.29 is 4.79 Å². The largest absolute Gasteiger partial charge is 0.368 e. The molecule has 0 heterocycles. The summed E-state index contributed by atoms with van der Waals surface area (Å²) in [7, 11) is 0. The number of hydrogen-bond acceptors (Lipinski definition) is 2. The second-order valence-corrected chi connectivity index (χ2v) is 3.47. The van der Waals surface area contributed by atoms with Gasteiger partial charge in [-0.3, -0.25) is 4.79 Å². The van der Waals surface area contributed by atoms with E-state index in [9.17, 15) is 4.79 Å². The Kier molecular flexibility index (Phi) is 1.47. The summed E-state index contributed by atoms with van der Waals surface area (Å²) in [5.41, 5.74) is 10.0. The van der Waals surface area contributed by atoms with Gasteiger partial charge in [0.15, 0.2) is 0 Å². The minimum Gasteiger partial charge on any atom is -0.368 e. The molecule has 0 aliphatic heterocycles. The molecule has 0 aromatic heterocycles. The van der Waals surface area contributed by atoms with E-state index in [0.29, 0.717) is 11.8 Å². The van der Waals surface area contributed by atoms with Crippen LogP contribution in [0.1, 0.15) is 20.3 Å². The van der Waals surface area contributed by atoms with Crippen LogP contribution >= 0.6 is 0 Å². The fourth-order valence-corrected chi connectivity index (χ4v) is 1.34. The zero-order valence-corrected chi connectivity index (χ0v) is 6.42. The van der Waals surface area contributed by atoms with Crippen LogP contribution < -0.4 is 11.5 Å². The zero-order chi connectivity index (χ0) is 7.94. The molecule has 0 radical (unpaired) electrons. The molecule has 1 aliphatic rings. The van der Waals surface area contributed by atoms with Crippen LogP contribution in [0, 0.1) is 11.8 Å². The predicted molar refractivity (Wildman–Crippen MR) is 39.1 cm³/mol. The molecule has 58 valence electrons. The molecule has 4 N–H and O–H groups in total. The molecular weight excluding hydrogens is 128 g/mol. The summed E-state index contributed by atoms with van der Waals surface area (Å²) in [6.07, 6.45) is 1.04. The van der Waals surface area contributed by atoms with E-state index in [-0.39, 0.29) is 5.91 Å². The molecule has 0 saturated heterocycles. The highest BCUT2D eigenvalue weighted by Crippen LogP contribution is 2.44. The van der Waals surface area contributed by atoms with Gasteiger partial charge in [-0.25, -0.2) is 0 Å². The molecule has 1 fully saturated rings. The number of hydrogen-bond donors (Lipinski definition) is 2. The SMILES string of the molecule is CC1CC1C(C)(N)C(N)=O. The number of primary amides is 1. The molecule has 3 atom stereocenters. The van der Waals surface area contributed by atoms with Crippen molar-refractivity contribution in [2.24, 2.45) is 23.3 Å². The van der Waals surface area contributed by atoms with Gasteiger partial charge >= 0.3 is 0 Å². The summed E-state index contributed by atoms with van der Waals surface area (Å²) in [5.74, 6) is 0.495. The first-order chi connectivity index (χ1) is 4.46. The van der Waals surface area contributed by atoms with Crippen molar-refractivity contribution in [1.29, 1.82) is 0 Å². The first-order valence-electron chi connectivity index (χ1n) is 3.55. The molecule has 0 spiro atoms. The quantitative estimate of drug-likeness (QED) is 0.562. The van der Waals surface area contributed by atoms with Crippen LogP contribution in [0.25, 0.3) is 0 Å². The second kappa shape index (κ2) is 1.95. The molecule has 3 nitrogen and oxygen atoms in total. The lowest BCUT2D eigenvalue weighted by molar-refractivity contribution is -0.123. The van der Waals surface area contributed by atoms with Gasteiger partial charge in [-0.15, -0.1) is 0 Å². The fraction of sp³-hybridized carbons (Fsp3) is 0.857. The van der Waals surface area contributed by atoms with E-state index >= 15 is 0 Å². The topological polar surface area (TPSA) is 69.1 Å². The average molecular weight is 142 g/mol. The Balaban J connectivity index is 2.60. The lowest BCUT2D eigenvalue weighted by Crippen LogP contribution is -2.51. The number of nitrogens with two attached hydrogens (primary N) is 2. The maximum atomic E-state index is 10.7. The zero-order valence-electron chi connectivity index (χ0n) is 6.42. The lowest BCUT2D eigenvalue weighted by Gasteiger charge is -2.19. The summed E-state index contributed by atoms with van der Waals surface area (Å²) in [5, 5.41) is 0. The molecule has 3 unspecified atom stereocenters. The van der Waals surface area contributed by atoms with E-state index in [1.54, 1.807) is 6.92 Å². The first kappa shape index (κ1) is 7.54. The normalized spacial score (nSPS) is 36.7. The van der Waals surface area contributed by atoms with Crippen LogP contribution in [0.2, 0.25) is 0 Å². The monoisotopic (exact) mass is 142 g/mol. The molecule has 1 amide bonds. The van der Waals surface area contributed by atoms with Crippen LogP contribution in [0.3, 0.4) is 0 Å². The highest BCUT2D eigenvalue weighted by molar-refractivity contribution is 5.84. The van der Waals surface area contributed by atoms with Gasteiger partial charge in [0.1, 0.15) is 0 Å². The van der Waals surface area contributed by atoms with Gasteiger partial charge < -0.3 is 11.5 Å². The minimum atomic E-state index is -0.778. The molecule has 0 aromatic carbocycles. The van der Waals surface area contributed by atoms with Crippen molar-refractivity contribution >= 4 is 5.91 Å². The van der Waals surface area contributed by atoms with Crippen molar-refractivity contribution in [2.75, 3.05) is 0 Å². The first-order valence-corrected chi connectivity index (χ1v) is 3.55. The van der Waals surface area contributed by atoms with Crippen molar-refractivity contribution in [2.45, 2.75) is 25.8 Å². The predicted octanol–water partition coefficient (Wildman–Crippen LogP) is -0.155. The Morgan fingerprint density at radius 1 is 1.70 bits per heavy atom. The number of amides is 1. The van der Waals surface area contributed by atoms with Crippen molar-refractivity contribution in [3.05, 3.63) is 0 Å². The van der Waals surface area contributed by atoms with Gasteiger partial charge in [0.05, 0.1) is 5.54 Å². The number of carbonyl (C=O) groups is 1. The summed E-state index contributed by atoms with van der Waals surface area (Å²) < 4.78 is 0. The van der Waals surface area contributed by atoms with Gasteiger partial charge in [-0.2, -0.15) is 0 Å². The van der Waals surface area contributed by atoms with E-state index in [1.807, 2.05) is 0 Å². The van der Waals surface area contributed by atoms with E-state index in [0.717, 1.165) is 6.42 Å². The molecule has 1 saturated carbocycles. The maximum Gasteiger partial charge on any atom is 0.237 e. The third-order valence-electron chi connectivity index (χ3n) is 2.41. The molecule has 1 aliphatic carbocycles. The highest BCUT2D eigenvalue weighted by Gasteiger charge is 2.48. The van der Waals surface area contributed by atoms with E-state index in [2.05, 4.69) is 6.92 Å². The van der Waals surface area contributed by atoms with Gasteiger partial charge in [-0.05, 0) is 25.2 Å². The summed E-state index contributed by atoms with van der Waals surface area (Å²) in [4.78, 5) is 10.7.